The van der Waals surface area contributed by atoms with Crippen LogP contribution in [0.4, 0.5) is 15.2 Å². The van der Waals surface area contributed by atoms with E-state index >= 15 is 0 Å². The van der Waals surface area contributed by atoms with Gasteiger partial charge in [0, 0.05) is 24.1 Å². The number of carbonyl (C=O) groups excluding carboxylic acids is 1. The molecule has 0 aliphatic rings. The summed E-state index contributed by atoms with van der Waals surface area (Å²) in [7, 11) is 0. The van der Waals surface area contributed by atoms with Crippen LogP contribution in [0.1, 0.15) is 19.5 Å². The van der Waals surface area contributed by atoms with Crippen LogP contribution < -0.4 is 9.64 Å². The van der Waals surface area contributed by atoms with Crippen molar-refractivity contribution in [2.75, 3.05) is 11.5 Å². The molecule has 0 bridgehead atoms. The summed E-state index contributed by atoms with van der Waals surface area (Å²) in [6.07, 6.45) is 0. The van der Waals surface area contributed by atoms with Crippen LogP contribution in [-0.4, -0.2) is 27.5 Å². The Bertz CT molecular complexity index is 1190. The van der Waals surface area contributed by atoms with Crippen LogP contribution in [0, 0.1) is 5.82 Å². The number of anilines is 2. The molecule has 0 saturated heterocycles. The highest BCUT2D eigenvalue weighted by Gasteiger charge is 2.21. The number of hydrogen-bond acceptors (Lipinski definition) is 6. The molecule has 154 valence electrons. The number of thiazole rings is 1. The van der Waals surface area contributed by atoms with Crippen LogP contribution in [0.15, 0.2) is 53.0 Å². The first-order chi connectivity index (χ1) is 14.5. The molecule has 0 spiro atoms. The van der Waals surface area contributed by atoms with Gasteiger partial charge in [-0.3, -0.25) is 9.69 Å². The molecule has 1 N–H and O–H groups in total. The average molecular weight is 443 g/mol. The summed E-state index contributed by atoms with van der Waals surface area (Å²) in [5.74, 6) is 0.605. The quantitative estimate of drug-likeness (QED) is 0.381. The standard InChI is InChI=1S/C21H19FN4O2S2/c1-3-28-15-8-9-17-18(10-15)25-20(24-17)29-11-14-12-30-21(23-14)26(13(2)27)19-7-5-4-6-16(19)22/h4-10,12H,3,11H2,1-2H3,(H,24,25). The lowest BCUT2D eigenvalue weighted by Gasteiger charge is -2.18. The van der Waals surface area contributed by atoms with E-state index in [2.05, 4.69) is 15.0 Å². The Morgan fingerprint density at radius 2 is 2.10 bits per heavy atom. The van der Waals surface area contributed by atoms with E-state index in [-0.39, 0.29) is 11.6 Å². The van der Waals surface area contributed by atoms with Crippen molar-refractivity contribution in [1.29, 1.82) is 0 Å². The third kappa shape index (κ3) is 4.31. The smallest absolute Gasteiger partial charge is 0.230 e. The van der Waals surface area contributed by atoms with Crippen LogP contribution >= 0.6 is 23.1 Å². The van der Waals surface area contributed by atoms with Gasteiger partial charge in [-0.05, 0) is 31.2 Å². The van der Waals surface area contributed by atoms with E-state index in [4.69, 9.17) is 4.74 Å². The van der Waals surface area contributed by atoms with Crippen molar-refractivity contribution in [2.45, 2.75) is 24.8 Å². The van der Waals surface area contributed by atoms with Gasteiger partial charge in [0.25, 0.3) is 0 Å². The van der Waals surface area contributed by atoms with Gasteiger partial charge in [0.2, 0.25) is 5.91 Å². The van der Waals surface area contributed by atoms with Gasteiger partial charge in [-0.1, -0.05) is 23.9 Å². The van der Waals surface area contributed by atoms with E-state index in [1.165, 1.54) is 41.0 Å². The van der Waals surface area contributed by atoms with E-state index in [9.17, 15) is 9.18 Å². The van der Waals surface area contributed by atoms with Crippen molar-refractivity contribution < 1.29 is 13.9 Å². The molecule has 0 atom stereocenters. The molecule has 0 saturated carbocycles. The highest BCUT2D eigenvalue weighted by molar-refractivity contribution is 7.98. The highest BCUT2D eigenvalue weighted by Crippen LogP contribution is 2.32. The summed E-state index contributed by atoms with van der Waals surface area (Å²) in [6, 6.07) is 11.9. The highest BCUT2D eigenvalue weighted by atomic mass is 32.2. The molecule has 0 radical (unpaired) electrons. The molecule has 1 amide bonds. The number of H-pyrrole nitrogens is 1. The molecule has 0 aliphatic carbocycles. The van der Waals surface area contributed by atoms with E-state index in [0.717, 1.165) is 27.6 Å². The average Bonchev–Trinajstić information content (AvgIpc) is 3.34. The molecule has 0 fully saturated rings. The molecule has 2 heterocycles. The Labute approximate surface area is 181 Å². The van der Waals surface area contributed by atoms with Crippen molar-refractivity contribution in [3.8, 4) is 5.75 Å². The van der Waals surface area contributed by atoms with Crippen LogP contribution in [0.3, 0.4) is 0 Å². The first-order valence-corrected chi connectivity index (χ1v) is 11.2. The fourth-order valence-corrected chi connectivity index (χ4v) is 4.70. The number of benzene rings is 2. The van der Waals surface area contributed by atoms with E-state index in [1.807, 2.05) is 30.5 Å². The summed E-state index contributed by atoms with van der Waals surface area (Å²) >= 11 is 2.81. The number of aromatic amines is 1. The second-order valence-electron chi connectivity index (χ2n) is 6.37. The van der Waals surface area contributed by atoms with Crippen LogP contribution in [0.2, 0.25) is 0 Å². The maximum absolute atomic E-state index is 14.2. The number of hydrogen-bond donors (Lipinski definition) is 1. The third-order valence-corrected chi connectivity index (χ3v) is 6.02. The SMILES string of the molecule is CCOc1ccc2nc(SCc3csc(N(C(C)=O)c4ccccc4F)n3)[nH]c2c1. The summed E-state index contributed by atoms with van der Waals surface area (Å²) < 4.78 is 19.7. The predicted octanol–water partition coefficient (Wildman–Crippen LogP) is 5.53. The zero-order valence-corrected chi connectivity index (χ0v) is 18.0. The summed E-state index contributed by atoms with van der Waals surface area (Å²) in [5.41, 5.74) is 2.76. The molecular formula is C21H19FN4O2S2. The number of rotatable bonds is 7. The van der Waals surface area contributed by atoms with Crippen molar-refractivity contribution >= 4 is 50.9 Å². The monoisotopic (exact) mass is 442 g/mol. The normalized spacial score (nSPS) is 11.0. The van der Waals surface area contributed by atoms with Gasteiger partial charge in [0.1, 0.15) is 11.6 Å². The number of para-hydroxylation sites is 1. The van der Waals surface area contributed by atoms with Crippen LogP contribution in [-0.2, 0) is 10.5 Å². The second kappa shape index (κ2) is 8.85. The minimum absolute atomic E-state index is 0.195. The minimum atomic E-state index is -0.465. The summed E-state index contributed by atoms with van der Waals surface area (Å²) in [4.78, 5) is 25.8. The van der Waals surface area contributed by atoms with Crippen molar-refractivity contribution in [3.05, 3.63) is 59.4 Å². The second-order valence-corrected chi connectivity index (χ2v) is 8.17. The Morgan fingerprint density at radius 3 is 2.87 bits per heavy atom. The van der Waals surface area contributed by atoms with Gasteiger partial charge < -0.3 is 9.72 Å². The Hall–Kier alpha value is -2.91. The molecule has 9 heteroatoms. The molecule has 2 aromatic carbocycles. The van der Waals surface area contributed by atoms with Crippen LogP contribution in [0.5, 0.6) is 5.75 Å². The predicted molar refractivity (Wildman–Crippen MR) is 118 cm³/mol. The molecule has 4 aromatic rings. The van der Waals surface area contributed by atoms with Gasteiger partial charge in [0.15, 0.2) is 10.3 Å². The topological polar surface area (TPSA) is 71.1 Å². The molecule has 30 heavy (non-hydrogen) atoms. The number of thioether (sulfide) groups is 1. The lowest BCUT2D eigenvalue weighted by molar-refractivity contribution is -0.115. The Kier molecular flexibility index (Phi) is 6.01. The van der Waals surface area contributed by atoms with Gasteiger partial charge in [0.05, 0.1) is 29.0 Å². The molecule has 4 rings (SSSR count). The molecule has 0 unspecified atom stereocenters. The maximum atomic E-state index is 14.2. The van der Waals surface area contributed by atoms with Crippen LogP contribution in [0.25, 0.3) is 11.0 Å². The Balaban J connectivity index is 1.50. The zero-order chi connectivity index (χ0) is 21.1. The largest absolute Gasteiger partial charge is 0.494 e. The first kappa shape index (κ1) is 20.4. The molecular weight excluding hydrogens is 423 g/mol. The lowest BCUT2D eigenvalue weighted by atomic mass is 10.3. The van der Waals surface area contributed by atoms with Gasteiger partial charge >= 0.3 is 0 Å². The summed E-state index contributed by atoms with van der Waals surface area (Å²) in [6.45, 7) is 3.95. The number of nitrogens with zero attached hydrogens (tertiary/aromatic N) is 3. The fraction of sp³-hybridized carbons (Fsp3) is 0.190. The van der Waals surface area contributed by atoms with Crippen molar-refractivity contribution in [2.24, 2.45) is 0 Å². The molecule has 2 aromatic heterocycles. The lowest BCUT2D eigenvalue weighted by Crippen LogP contribution is -2.23. The summed E-state index contributed by atoms with van der Waals surface area (Å²) in [5, 5.41) is 3.08. The molecule has 6 nitrogen and oxygen atoms in total. The number of nitrogens with one attached hydrogen (secondary N) is 1. The maximum Gasteiger partial charge on any atom is 0.230 e. The number of aromatic nitrogens is 3. The first-order valence-electron chi connectivity index (χ1n) is 9.30. The van der Waals surface area contributed by atoms with E-state index in [1.54, 1.807) is 18.2 Å². The number of fused-ring (bicyclic) bond motifs is 1. The van der Waals surface area contributed by atoms with Gasteiger partial charge in [-0.15, -0.1) is 11.3 Å². The fourth-order valence-electron chi connectivity index (χ4n) is 2.94. The van der Waals surface area contributed by atoms with Gasteiger partial charge in [-0.25, -0.2) is 14.4 Å². The molecule has 0 aliphatic heterocycles. The van der Waals surface area contributed by atoms with E-state index < -0.39 is 5.82 Å². The van der Waals surface area contributed by atoms with Gasteiger partial charge in [-0.2, -0.15) is 0 Å². The third-order valence-electron chi connectivity index (χ3n) is 4.24. The number of halogens is 1. The number of carbonyl (C=O) groups is 1. The van der Waals surface area contributed by atoms with Crippen molar-refractivity contribution in [1.82, 2.24) is 15.0 Å². The number of amides is 1. The van der Waals surface area contributed by atoms with Crippen molar-refractivity contribution in [3.63, 3.8) is 0 Å². The number of ether oxygens (including phenoxy) is 1. The number of imidazole rings is 1. The zero-order valence-electron chi connectivity index (χ0n) is 16.4. The minimum Gasteiger partial charge on any atom is -0.494 e. The Morgan fingerprint density at radius 1 is 1.27 bits per heavy atom. The van der Waals surface area contributed by atoms with E-state index in [0.29, 0.717) is 17.5 Å².